The van der Waals surface area contributed by atoms with Crippen LogP contribution in [-0.4, -0.2) is 81.6 Å². The van der Waals surface area contributed by atoms with E-state index in [2.05, 4.69) is 77.6 Å². The van der Waals surface area contributed by atoms with Crippen LogP contribution in [0.5, 0.6) is 0 Å². The highest BCUT2D eigenvalue weighted by Gasteiger charge is 2.28. The minimum atomic E-state index is -4.89. The first-order valence-electron chi connectivity index (χ1n) is 23.0. The first-order valence-corrected chi connectivity index (χ1v) is 26.0. The number of rotatable bonds is 41. The Balaban J connectivity index is 4.79. The van der Waals surface area contributed by atoms with Crippen molar-refractivity contribution in [3.05, 3.63) is 134 Å². The van der Waals surface area contributed by atoms with Crippen molar-refractivity contribution in [2.45, 2.75) is 141 Å². The number of hydrogen-bond donors (Lipinski definition) is 5. The minimum Gasteiger partial charge on any atom is -0.462 e. The zero-order chi connectivity index (χ0) is 48.8. The summed E-state index contributed by atoms with van der Waals surface area (Å²) in [6.07, 6.45) is 53.7. The quantitative estimate of drug-likeness (QED) is 0.0127. The van der Waals surface area contributed by atoms with E-state index in [0.717, 1.165) is 44.9 Å². The van der Waals surface area contributed by atoms with Gasteiger partial charge in [-0.25, -0.2) is 9.13 Å². The van der Waals surface area contributed by atoms with Crippen molar-refractivity contribution in [1.29, 1.82) is 0 Å². The van der Waals surface area contributed by atoms with Crippen molar-refractivity contribution in [2.75, 3.05) is 26.4 Å². The molecular formula is C50H78O14P2. The van der Waals surface area contributed by atoms with Crippen LogP contribution in [0.1, 0.15) is 123 Å². The highest BCUT2D eigenvalue weighted by atomic mass is 31.2. The number of esters is 2. The van der Waals surface area contributed by atoms with Crippen molar-refractivity contribution in [3.8, 4) is 0 Å². The molecule has 0 rings (SSSR count). The smallest absolute Gasteiger partial charge is 0.462 e. The first-order chi connectivity index (χ1) is 31.8. The summed E-state index contributed by atoms with van der Waals surface area (Å²) in [5, 5.41) is 19.6. The average Bonchev–Trinajstić information content (AvgIpc) is 3.27. The minimum absolute atomic E-state index is 0.0335. The number of carbonyl (C=O) groups excluding carboxylic acids is 2. The van der Waals surface area contributed by atoms with E-state index in [0.29, 0.717) is 32.1 Å². The molecule has 0 aromatic heterocycles. The number of aliphatic hydroxyl groups excluding tert-OH is 2. The number of hydrogen-bond acceptors (Lipinski definition) is 11. The van der Waals surface area contributed by atoms with Crippen LogP contribution >= 0.6 is 15.6 Å². The highest BCUT2D eigenvalue weighted by molar-refractivity contribution is 7.47. The molecule has 2 unspecified atom stereocenters. The summed E-state index contributed by atoms with van der Waals surface area (Å²) in [5.74, 6) is -1.26. The average molecular weight is 965 g/mol. The van der Waals surface area contributed by atoms with Gasteiger partial charge in [0, 0.05) is 12.8 Å². The van der Waals surface area contributed by atoms with Crippen LogP contribution < -0.4 is 0 Å². The third-order valence-corrected chi connectivity index (χ3v) is 10.1. The SMILES string of the molecule is CC/C=C\CC(O)/C=C/C=C/C/C=C\C/C=C\C/C=C\CCC(=O)O[C@H](COC(=O)CC/C=C\C/C=C\C/C=C\C/C=C\C/C=C\CCCCC)COP(=O)(O)OC[C@@H](O)COP(=O)(O)O. The Morgan fingerprint density at radius 3 is 1.50 bits per heavy atom. The highest BCUT2D eigenvalue weighted by Crippen LogP contribution is 2.43. The molecular weight excluding hydrogens is 886 g/mol. The number of carbonyl (C=O) groups is 2. The summed E-state index contributed by atoms with van der Waals surface area (Å²) in [4.78, 5) is 52.7. The Hall–Kier alpha value is -3.78. The Bertz CT molecular complexity index is 1680. The van der Waals surface area contributed by atoms with E-state index in [-0.39, 0.29) is 12.8 Å². The van der Waals surface area contributed by atoms with Gasteiger partial charge in [0.2, 0.25) is 0 Å². The van der Waals surface area contributed by atoms with Gasteiger partial charge in [-0.05, 0) is 83.5 Å². The van der Waals surface area contributed by atoms with Crippen LogP contribution in [0.3, 0.4) is 0 Å². The van der Waals surface area contributed by atoms with Crippen LogP contribution in [0.4, 0.5) is 0 Å². The number of ether oxygens (including phenoxy) is 2. The maximum atomic E-state index is 12.7. The topological polar surface area (TPSA) is 216 Å². The van der Waals surface area contributed by atoms with Gasteiger partial charge in [-0.2, -0.15) is 0 Å². The molecule has 5 N–H and O–H groups in total. The van der Waals surface area contributed by atoms with Crippen molar-refractivity contribution in [1.82, 2.24) is 0 Å². The molecule has 0 aliphatic rings. The van der Waals surface area contributed by atoms with E-state index in [4.69, 9.17) is 23.8 Å². The molecule has 0 radical (unpaired) electrons. The normalized spacial score (nSPS) is 15.6. The van der Waals surface area contributed by atoms with Gasteiger partial charge in [-0.1, -0.05) is 160 Å². The molecule has 372 valence electrons. The molecule has 0 saturated heterocycles. The number of phosphoric acid groups is 2. The molecule has 14 nitrogen and oxygen atoms in total. The lowest BCUT2D eigenvalue weighted by molar-refractivity contribution is -0.161. The third kappa shape index (κ3) is 46.7. The van der Waals surface area contributed by atoms with Crippen molar-refractivity contribution < 1.29 is 66.7 Å². The predicted octanol–water partition coefficient (Wildman–Crippen LogP) is 11.2. The summed E-state index contributed by atoms with van der Waals surface area (Å²) in [6.45, 7) is 1.32. The van der Waals surface area contributed by atoms with Crippen LogP contribution in [0, 0.1) is 0 Å². The molecule has 4 atom stereocenters. The van der Waals surface area contributed by atoms with Crippen LogP contribution in [0.15, 0.2) is 134 Å². The predicted molar refractivity (Wildman–Crippen MR) is 263 cm³/mol. The summed E-state index contributed by atoms with van der Waals surface area (Å²) in [5.41, 5.74) is 0. The fourth-order valence-electron chi connectivity index (χ4n) is 5.14. The molecule has 0 heterocycles. The largest absolute Gasteiger partial charge is 0.472 e. The second kappa shape index (κ2) is 43.8. The molecule has 0 fully saturated rings. The molecule has 0 spiro atoms. The molecule has 16 heteroatoms. The van der Waals surface area contributed by atoms with Gasteiger partial charge in [0.15, 0.2) is 6.10 Å². The summed E-state index contributed by atoms with van der Waals surface area (Å²) >= 11 is 0. The van der Waals surface area contributed by atoms with E-state index in [1.54, 1.807) is 6.08 Å². The van der Waals surface area contributed by atoms with Gasteiger partial charge in [-0.15, -0.1) is 0 Å². The van der Waals surface area contributed by atoms with E-state index in [1.165, 1.54) is 19.3 Å². The summed E-state index contributed by atoms with van der Waals surface area (Å²) in [6, 6.07) is 0. The third-order valence-electron chi connectivity index (χ3n) is 8.62. The molecule has 66 heavy (non-hydrogen) atoms. The number of unbranched alkanes of at least 4 members (excludes halogenated alkanes) is 3. The van der Waals surface area contributed by atoms with Crippen LogP contribution in [0.2, 0.25) is 0 Å². The number of aliphatic hydroxyl groups is 2. The van der Waals surface area contributed by atoms with Gasteiger partial charge >= 0.3 is 27.6 Å². The van der Waals surface area contributed by atoms with Crippen LogP contribution in [-0.2, 0) is 41.8 Å². The molecule has 0 amide bonds. The number of allylic oxidation sites excluding steroid dienone is 20. The van der Waals surface area contributed by atoms with Crippen molar-refractivity contribution in [2.24, 2.45) is 0 Å². The maximum absolute atomic E-state index is 12.7. The standard InChI is InChI=1S/C50H78O14P2/c1-3-5-7-8-9-10-11-12-13-14-15-16-17-20-23-26-29-32-36-40-49(53)60-44-48(45-63-66(58,59)62-43-47(52)42-61-65(55,56)57)64-50(54)41-37-33-30-27-24-21-18-19-22-25-28-31-35-39-46(51)38-34-6-4-2/h6,9-10,12-13,15-16,19-24,28-35,39,46-48,51-52H,3-5,7-8,11,14,17-18,25-27,36-38,40-45H2,1-2H3,(H,58,59)(H2,55,56,57)/b10-9-,13-12-,16-15-,22-19-,23-20-,24-21-,31-28+,32-29-,33-30-,34-6-,39-35+/t46?,47-,48+/m0/s1. The fraction of sp³-hybridized carbons (Fsp3) is 0.520. The summed E-state index contributed by atoms with van der Waals surface area (Å²) in [7, 11) is -9.76. The second-order valence-electron chi connectivity index (χ2n) is 14.8. The molecule has 0 bridgehead atoms. The van der Waals surface area contributed by atoms with Crippen molar-refractivity contribution >= 4 is 27.6 Å². The molecule has 0 aromatic carbocycles. The Morgan fingerprint density at radius 1 is 0.515 bits per heavy atom. The Kier molecular flexibility index (Phi) is 41.3. The van der Waals surface area contributed by atoms with Gasteiger partial charge in [0.1, 0.15) is 12.7 Å². The lowest BCUT2D eigenvalue weighted by Crippen LogP contribution is -2.29. The Labute approximate surface area is 394 Å². The van der Waals surface area contributed by atoms with Gasteiger partial charge in [0.05, 0.1) is 25.9 Å². The lowest BCUT2D eigenvalue weighted by atomic mass is 10.2. The number of phosphoric ester groups is 2. The van der Waals surface area contributed by atoms with Crippen molar-refractivity contribution in [3.63, 3.8) is 0 Å². The first kappa shape index (κ1) is 62.2. The molecule has 0 aromatic rings. The molecule has 0 aliphatic carbocycles. The zero-order valence-electron chi connectivity index (χ0n) is 39.1. The second-order valence-corrected chi connectivity index (χ2v) is 17.5. The van der Waals surface area contributed by atoms with Gasteiger partial charge < -0.3 is 34.4 Å². The maximum Gasteiger partial charge on any atom is 0.472 e. The Morgan fingerprint density at radius 2 is 0.985 bits per heavy atom. The van der Waals surface area contributed by atoms with E-state index in [9.17, 15) is 33.8 Å². The fourth-order valence-corrected chi connectivity index (χ4v) is 6.30. The molecule has 0 aliphatic heterocycles. The lowest BCUT2D eigenvalue weighted by Gasteiger charge is -2.20. The van der Waals surface area contributed by atoms with Gasteiger partial charge in [-0.3, -0.25) is 23.2 Å². The molecule has 0 saturated carbocycles. The summed E-state index contributed by atoms with van der Waals surface area (Å²) < 4.78 is 47.6. The van der Waals surface area contributed by atoms with Gasteiger partial charge in [0.25, 0.3) is 0 Å². The van der Waals surface area contributed by atoms with E-state index >= 15 is 0 Å². The monoisotopic (exact) mass is 964 g/mol. The van der Waals surface area contributed by atoms with Crippen LogP contribution in [0.25, 0.3) is 0 Å². The van der Waals surface area contributed by atoms with E-state index in [1.807, 2.05) is 72.9 Å². The van der Waals surface area contributed by atoms with E-state index < -0.39 is 72.3 Å². The zero-order valence-corrected chi connectivity index (χ0v) is 40.9.